The van der Waals surface area contributed by atoms with E-state index in [4.69, 9.17) is 11.6 Å². The molecule has 118 valence electrons. The number of carbonyl (C=O) groups is 2. The first-order valence-corrected chi connectivity index (χ1v) is 7.96. The van der Waals surface area contributed by atoms with Gasteiger partial charge in [-0.15, -0.1) is 0 Å². The van der Waals surface area contributed by atoms with Gasteiger partial charge in [0.1, 0.15) is 0 Å². The molecule has 0 saturated carbocycles. The summed E-state index contributed by atoms with van der Waals surface area (Å²) in [7, 11) is 1.84. The fourth-order valence-corrected chi connectivity index (χ4v) is 3.34. The Bertz CT molecular complexity index is 575. The van der Waals surface area contributed by atoms with E-state index in [1.165, 1.54) is 0 Å². The molecule has 6 heteroatoms. The lowest BCUT2D eigenvalue weighted by Gasteiger charge is -2.32. The Morgan fingerprint density at radius 2 is 2.00 bits per heavy atom. The Hall–Kier alpha value is -1.75. The van der Waals surface area contributed by atoms with Gasteiger partial charge >= 0.3 is 6.03 Å². The van der Waals surface area contributed by atoms with E-state index in [-0.39, 0.29) is 23.9 Å². The second-order valence-electron chi connectivity index (χ2n) is 6.07. The molecular formula is C16H20ClN3O2. The third-order valence-corrected chi connectivity index (χ3v) is 4.86. The molecule has 0 aromatic heterocycles. The number of nitrogens with zero attached hydrogens (tertiary/aromatic N) is 2. The van der Waals surface area contributed by atoms with E-state index in [9.17, 15) is 9.59 Å². The molecule has 0 unspecified atom stereocenters. The Balaban J connectivity index is 1.61. The predicted octanol–water partition coefficient (Wildman–Crippen LogP) is 2.10. The normalized spacial score (nSPS) is 24.4. The minimum Gasteiger partial charge on any atom is -0.341 e. The van der Waals surface area contributed by atoms with Crippen molar-refractivity contribution in [1.82, 2.24) is 15.1 Å². The number of fused-ring (bicyclic) bond motifs is 4. The van der Waals surface area contributed by atoms with Gasteiger partial charge in [-0.05, 0) is 30.5 Å². The van der Waals surface area contributed by atoms with Gasteiger partial charge in [-0.25, -0.2) is 4.79 Å². The molecule has 3 aliphatic rings. The van der Waals surface area contributed by atoms with Crippen molar-refractivity contribution in [2.45, 2.75) is 25.4 Å². The van der Waals surface area contributed by atoms with Crippen molar-refractivity contribution >= 4 is 23.5 Å². The second-order valence-corrected chi connectivity index (χ2v) is 6.50. The molecule has 3 fully saturated rings. The summed E-state index contributed by atoms with van der Waals surface area (Å²) in [6, 6.07) is 7.45. The SMILES string of the molecule is CN1C(=O)[C@@H]2CC[C@H]1CN(C(=O)NCc1ccc(Cl)cc1)C2. The average Bonchev–Trinajstić information content (AvgIpc) is 2.80. The van der Waals surface area contributed by atoms with Gasteiger partial charge in [0.25, 0.3) is 0 Å². The van der Waals surface area contributed by atoms with Gasteiger partial charge in [0, 0.05) is 37.7 Å². The van der Waals surface area contributed by atoms with Crippen molar-refractivity contribution in [3.8, 4) is 0 Å². The molecule has 5 nitrogen and oxygen atoms in total. The lowest BCUT2D eigenvalue weighted by atomic mass is 9.95. The number of likely N-dealkylation sites (N-methyl/N-ethyl adjacent to an activating group) is 1. The maximum Gasteiger partial charge on any atom is 0.317 e. The van der Waals surface area contributed by atoms with Gasteiger partial charge in [0.2, 0.25) is 5.91 Å². The van der Waals surface area contributed by atoms with Crippen LogP contribution in [0.15, 0.2) is 24.3 Å². The molecular weight excluding hydrogens is 302 g/mol. The smallest absolute Gasteiger partial charge is 0.317 e. The molecule has 2 bridgehead atoms. The molecule has 1 N–H and O–H groups in total. The molecule has 2 atom stereocenters. The van der Waals surface area contributed by atoms with Crippen LogP contribution in [-0.4, -0.2) is 47.9 Å². The van der Waals surface area contributed by atoms with Crippen molar-refractivity contribution < 1.29 is 9.59 Å². The van der Waals surface area contributed by atoms with E-state index in [1.54, 1.807) is 9.80 Å². The quantitative estimate of drug-likeness (QED) is 0.907. The van der Waals surface area contributed by atoms with Crippen LogP contribution in [0.1, 0.15) is 18.4 Å². The number of hydrogen-bond acceptors (Lipinski definition) is 2. The summed E-state index contributed by atoms with van der Waals surface area (Å²) in [6.07, 6.45) is 1.86. The second kappa shape index (κ2) is 6.16. The van der Waals surface area contributed by atoms with E-state index in [0.717, 1.165) is 18.4 Å². The first-order chi connectivity index (χ1) is 10.5. The fourth-order valence-electron chi connectivity index (χ4n) is 3.21. The van der Waals surface area contributed by atoms with Gasteiger partial charge in [0.05, 0.1) is 5.92 Å². The largest absolute Gasteiger partial charge is 0.341 e. The lowest BCUT2D eigenvalue weighted by molar-refractivity contribution is -0.138. The molecule has 3 heterocycles. The summed E-state index contributed by atoms with van der Waals surface area (Å²) < 4.78 is 0. The average molecular weight is 322 g/mol. The Morgan fingerprint density at radius 1 is 1.27 bits per heavy atom. The number of benzene rings is 1. The van der Waals surface area contributed by atoms with E-state index >= 15 is 0 Å². The number of amides is 3. The fraction of sp³-hybridized carbons (Fsp3) is 0.500. The van der Waals surface area contributed by atoms with Gasteiger partial charge in [-0.2, -0.15) is 0 Å². The maximum atomic E-state index is 12.4. The highest BCUT2D eigenvalue weighted by Gasteiger charge is 2.40. The van der Waals surface area contributed by atoms with Crippen molar-refractivity contribution in [2.24, 2.45) is 5.92 Å². The molecule has 0 aliphatic carbocycles. The monoisotopic (exact) mass is 321 g/mol. The van der Waals surface area contributed by atoms with Gasteiger partial charge in [-0.1, -0.05) is 23.7 Å². The maximum absolute atomic E-state index is 12.4. The highest BCUT2D eigenvalue weighted by Crippen LogP contribution is 2.27. The van der Waals surface area contributed by atoms with E-state index in [2.05, 4.69) is 5.32 Å². The van der Waals surface area contributed by atoms with Crippen LogP contribution in [0.25, 0.3) is 0 Å². The Morgan fingerprint density at radius 3 is 2.73 bits per heavy atom. The highest BCUT2D eigenvalue weighted by atomic mass is 35.5. The summed E-state index contributed by atoms with van der Waals surface area (Å²) in [4.78, 5) is 28.1. The molecule has 22 heavy (non-hydrogen) atoms. The standard InChI is InChI=1S/C16H20ClN3O2/c1-19-14-7-4-12(15(19)21)9-20(10-14)16(22)18-8-11-2-5-13(17)6-3-11/h2-3,5-6,12,14H,4,7-10H2,1H3,(H,18,22)/t12-,14+/m1/s1. The number of piperidine rings is 1. The molecule has 3 aliphatic heterocycles. The van der Waals surface area contributed by atoms with Crippen LogP contribution in [0.5, 0.6) is 0 Å². The van der Waals surface area contributed by atoms with Crippen LogP contribution in [0.2, 0.25) is 5.02 Å². The summed E-state index contributed by atoms with van der Waals surface area (Å²) in [5, 5.41) is 3.61. The Labute approximate surface area is 135 Å². The minimum atomic E-state index is -0.102. The van der Waals surface area contributed by atoms with Gasteiger partial charge in [-0.3, -0.25) is 4.79 Å². The third kappa shape index (κ3) is 3.04. The number of rotatable bonds is 2. The molecule has 1 aromatic rings. The first kappa shape index (κ1) is 15.2. The topological polar surface area (TPSA) is 52.7 Å². The predicted molar refractivity (Wildman–Crippen MR) is 84.5 cm³/mol. The van der Waals surface area contributed by atoms with Crippen LogP contribution in [0, 0.1) is 5.92 Å². The van der Waals surface area contributed by atoms with Crippen LogP contribution in [0.3, 0.4) is 0 Å². The molecule has 3 amide bonds. The number of urea groups is 1. The number of carbonyl (C=O) groups excluding carboxylic acids is 2. The van der Waals surface area contributed by atoms with Crippen LogP contribution < -0.4 is 5.32 Å². The van der Waals surface area contributed by atoms with Gasteiger partial charge in [0.15, 0.2) is 0 Å². The van der Waals surface area contributed by atoms with Crippen molar-refractivity contribution in [3.05, 3.63) is 34.9 Å². The van der Waals surface area contributed by atoms with Gasteiger partial charge < -0.3 is 15.1 Å². The number of halogens is 1. The van der Waals surface area contributed by atoms with Crippen molar-refractivity contribution in [1.29, 1.82) is 0 Å². The minimum absolute atomic E-state index is 0.0509. The van der Waals surface area contributed by atoms with E-state index in [0.29, 0.717) is 24.7 Å². The highest BCUT2D eigenvalue weighted by molar-refractivity contribution is 6.30. The zero-order chi connectivity index (χ0) is 15.7. The van der Waals surface area contributed by atoms with Crippen LogP contribution >= 0.6 is 11.6 Å². The summed E-state index contributed by atoms with van der Waals surface area (Å²) in [6.45, 7) is 1.60. The lowest BCUT2D eigenvalue weighted by Crippen LogP contribution is -2.46. The molecule has 0 radical (unpaired) electrons. The van der Waals surface area contributed by atoms with Crippen molar-refractivity contribution in [3.63, 3.8) is 0 Å². The van der Waals surface area contributed by atoms with Crippen LogP contribution in [-0.2, 0) is 11.3 Å². The molecule has 1 aromatic carbocycles. The summed E-state index contributed by atoms with van der Waals surface area (Å²) in [5.41, 5.74) is 1.00. The first-order valence-electron chi connectivity index (χ1n) is 7.58. The molecule has 4 rings (SSSR count). The van der Waals surface area contributed by atoms with Crippen LogP contribution in [0.4, 0.5) is 4.79 Å². The summed E-state index contributed by atoms with van der Waals surface area (Å²) in [5.74, 6) is 0.120. The molecule has 3 saturated heterocycles. The van der Waals surface area contributed by atoms with Crippen molar-refractivity contribution in [2.75, 3.05) is 20.1 Å². The zero-order valence-electron chi connectivity index (χ0n) is 12.6. The van der Waals surface area contributed by atoms with E-state index in [1.807, 2.05) is 31.3 Å². The Kier molecular flexibility index (Phi) is 4.25. The third-order valence-electron chi connectivity index (χ3n) is 4.61. The van der Waals surface area contributed by atoms with E-state index < -0.39 is 0 Å². The zero-order valence-corrected chi connectivity index (χ0v) is 13.3. The number of hydrogen-bond donors (Lipinski definition) is 1. The number of nitrogens with one attached hydrogen (secondary N) is 1. The summed E-state index contributed by atoms with van der Waals surface area (Å²) >= 11 is 5.85. The molecule has 0 spiro atoms.